The van der Waals surface area contributed by atoms with Crippen LogP contribution in [0.25, 0.3) is 0 Å². The standard InChI is InChI=1S/C13H15NO2/c1-16-11-4-2-9(3-5-11)7-14-8-10-6-12(10)13(14)15/h2-5,10,12H,6-8H2,1H3/t10?,12-/m1/s1. The van der Waals surface area contributed by atoms with Gasteiger partial charge in [0.05, 0.1) is 7.11 Å². The summed E-state index contributed by atoms with van der Waals surface area (Å²) in [5, 5.41) is 0. The number of piperidine rings is 1. The molecule has 1 aliphatic heterocycles. The van der Waals surface area contributed by atoms with Crippen molar-refractivity contribution in [1.29, 1.82) is 0 Å². The second-order valence-electron chi connectivity index (χ2n) is 4.67. The summed E-state index contributed by atoms with van der Waals surface area (Å²) in [6, 6.07) is 7.93. The van der Waals surface area contributed by atoms with Crippen LogP contribution in [-0.2, 0) is 11.3 Å². The molecule has 0 N–H and O–H groups in total. The topological polar surface area (TPSA) is 29.5 Å². The summed E-state index contributed by atoms with van der Waals surface area (Å²) in [6.07, 6.45) is 1.12. The molecule has 2 aliphatic rings. The Kier molecular flexibility index (Phi) is 2.13. The lowest BCUT2D eigenvalue weighted by Gasteiger charge is -2.18. The maximum atomic E-state index is 11.8. The highest BCUT2D eigenvalue weighted by Gasteiger charge is 2.51. The van der Waals surface area contributed by atoms with Crippen molar-refractivity contribution in [1.82, 2.24) is 4.90 Å². The second-order valence-corrected chi connectivity index (χ2v) is 4.67. The number of fused-ring (bicyclic) bond motifs is 1. The van der Waals surface area contributed by atoms with Gasteiger partial charge in [-0.2, -0.15) is 0 Å². The fraction of sp³-hybridized carbons (Fsp3) is 0.462. The molecule has 3 heteroatoms. The van der Waals surface area contributed by atoms with Gasteiger partial charge in [-0.1, -0.05) is 12.1 Å². The number of hydrogen-bond acceptors (Lipinski definition) is 2. The highest BCUT2D eigenvalue weighted by Crippen LogP contribution is 2.46. The largest absolute Gasteiger partial charge is 0.497 e. The van der Waals surface area contributed by atoms with E-state index in [0.29, 0.717) is 17.7 Å². The van der Waals surface area contributed by atoms with Crippen molar-refractivity contribution in [3.05, 3.63) is 29.8 Å². The van der Waals surface area contributed by atoms with Crippen molar-refractivity contribution in [3.8, 4) is 5.75 Å². The van der Waals surface area contributed by atoms with Crippen LogP contribution in [0.5, 0.6) is 5.75 Å². The zero-order valence-electron chi connectivity index (χ0n) is 9.35. The van der Waals surface area contributed by atoms with E-state index >= 15 is 0 Å². The SMILES string of the molecule is COc1ccc(CN2CC3C[C@H]3C2=O)cc1. The molecule has 3 rings (SSSR count). The van der Waals surface area contributed by atoms with Crippen molar-refractivity contribution in [2.24, 2.45) is 11.8 Å². The van der Waals surface area contributed by atoms with Gasteiger partial charge in [-0.25, -0.2) is 0 Å². The van der Waals surface area contributed by atoms with Gasteiger partial charge in [0.1, 0.15) is 5.75 Å². The predicted molar refractivity (Wildman–Crippen MR) is 60.0 cm³/mol. The quantitative estimate of drug-likeness (QED) is 0.770. The number of amides is 1. The third-order valence-electron chi connectivity index (χ3n) is 3.54. The fourth-order valence-corrected chi connectivity index (χ4v) is 2.45. The minimum atomic E-state index is 0.348. The van der Waals surface area contributed by atoms with E-state index in [9.17, 15) is 4.79 Å². The maximum Gasteiger partial charge on any atom is 0.226 e. The number of methoxy groups -OCH3 is 1. The number of carbonyl (C=O) groups excluding carboxylic acids is 1. The molecule has 1 saturated carbocycles. The van der Waals surface area contributed by atoms with E-state index in [-0.39, 0.29) is 0 Å². The van der Waals surface area contributed by atoms with Gasteiger partial charge in [0.25, 0.3) is 0 Å². The van der Waals surface area contributed by atoms with Crippen LogP contribution < -0.4 is 4.74 Å². The van der Waals surface area contributed by atoms with Crippen LogP contribution in [-0.4, -0.2) is 24.5 Å². The van der Waals surface area contributed by atoms with Gasteiger partial charge < -0.3 is 9.64 Å². The lowest BCUT2D eigenvalue weighted by molar-refractivity contribution is -0.130. The zero-order valence-corrected chi connectivity index (χ0v) is 9.35. The fourth-order valence-electron chi connectivity index (χ4n) is 2.45. The van der Waals surface area contributed by atoms with Gasteiger partial charge in [0, 0.05) is 19.0 Å². The molecule has 1 aliphatic carbocycles. The summed E-state index contributed by atoms with van der Waals surface area (Å²) in [5.41, 5.74) is 1.18. The molecule has 0 aromatic heterocycles. The molecule has 2 fully saturated rings. The Labute approximate surface area is 95.0 Å². The first-order valence-electron chi connectivity index (χ1n) is 5.69. The van der Waals surface area contributed by atoms with Crippen molar-refractivity contribution >= 4 is 5.91 Å². The first kappa shape index (κ1) is 9.70. The Balaban J connectivity index is 1.67. The summed E-state index contributed by atoms with van der Waals surface area (Å²) >= 11 is 0. The molecule has 1 amide bonds. The molecule has 1 saturated heterocycles. The second kappa shape index (κ2) is 3.51. The normalized spacial score (nSPS) is 26.8. The Morgan fingerprint density at radius 1 is 1.38 bits per heavy atom. The summed E-state index contributed by atoms with van der Waals surface area (Å²) in [7, 11) is 1.66. The molecule has 1 unspecified atom stereocenters. The summed E-state index contributed by atoms with van der Waals surface area (Å²) in [5.74, 6) is 2.23. The average Bonchev–Trinajstić information content (AvgIpc) is 3.01. The van der Waals surface area contributed by atoms with E-state index in [1.54, 1.807) is 7.11 Å². The molecule has 16 heavy (non-hydrogen) atoms. The number of rotatable bonds is 3. The van der Waals surface area contributed by atoms with Crippen LogP contribution in [0.2, 0.25) is 0 Å². The lowest BCUT2D eigenvalue weighted by atomic mass is 10.2. The molecule has 0 spiro atoms. The molecule has 0 bridgehead atoms. The average molecular weight is 217 g/mol. The summed E-state index contributed by atoms with van der Waals surface area (Å²) < 4.78 is 5.10. The molecule has 1 aromatic rings. The van der Waals surface area contributed by atoms with Crippen LogP contribution in [0.4, 0.5) is 0 Å². The molecule has 3 nitrogen and oxygen atoms in total. The minimum Gasteiger partial charge on any atom is -0.497 e. The molecular formula is C13H15NO2. The van der Waals surface area contributed by atoms with E-state index in [1.807, 2.05) is 29.2 Å². The van der Waals surface area contributed by atoms with Crippen LogP contribution >= 0.6 is 0 Å². The number of carbonyl (C=O) groups is 1. The number of ether oxygens (including phenoxy) is 1. The highest BCUT2D eigenvalue weighted by molar-refractivity contribution is 5.84. The number of nitrogens with zero attached hydrogens (tertiary/aromatic N) is 1. The zero-order chi connectivity index (χ0) is 11.1. The molecular weight excluding hydrogens is 202 g/mol. The molecule has 2 atom stereocenters. The minimum absolute atomic E-state index is 0.348. The van der Waals surface area contributed by atoms with E-state index in [0.717, 1.165) is 25.3 Å². The van der Waals surface area contributed by atoms with E-state index in [4.69, 9.17) is 4.74 Å². The predicted octanol–water partition coefficient (Wildman–Crippen LogP) is 1.67. The Morgan fingerprint density at radius 3 is 2.69 bits per heavy atom. The van der Waals surface area contributed by atoms with Gasteiger partial charge in [-0.3, -0.25) is 4.79 Å². The van der Waals surface area contributed by atoms with Gasteiger partial charge in [-0.15, -0.1) is 0 Å². The van der Waals surface area contributed by atoms with Crippen LogP contribution in [0, 0.1) is 11.8 Å². The summed E-state index contributed by atoms with van der Waals surface area (Å²) in [4.78, 5) is 13.7. The van der Waals surface area contributed by atoms with Gasteiger partial charge in [0.2, 0.25) is 5.91 Å². The third-order valence-corrected chi connectivity index (χ3v) is 3.54. The first-order valence-corrected chi connectivity index (χ1v) is 5.69. The van der Waals surface area contributed by atoms with Gasteiger partial charge >= 0.3 is 0 Å². The van der Waals surface area contributed by atoms with Crippen molar-refractivity contribution < 1.29 is 9.53 Å². The monoisotopic (exact) mass is 217 g/mol. The van der Waals surface area contributed by atoms with E-state index in [1.165, 1.54) is 5.56 Å². The number of benzene rings is 1. The Morgan fingerprint density at radius 2 is 2.12 bits per heavy atom. The van der Waals surface area contributed by atoms with E-state index < -0.39 is 0 Å². The molecule has 84 valence electrons. The van der Waals surface area contributed by atoms with Crippen LogP contribution in [0.3, 0.4) is 0 Å². The molecule has 1 heterocycles. The van der Waals surface area contributed by atoms with Crippen molar-refractivity contribution in [2.75, 3.05) is 13.7 Å². The Hall–Kier alpha value is -1.51. The smallest absolute Gasteiger partial charge is 0.226 e. The van der Waals surface area contributed by atoms with Crippen molar-refractivity contribution in [3.63, 3.8) is 0 Å². The van der Waals surface area contributed by atoms with Gasteiger partial charge in [0.15, 0.2) is 0 Å². The van der Waals surface area contributed by atoms with E-state index in [2.05, 4.69) is 0 Å². The van der Waals surface area contributed by atoms with Crippen molar-refractivity contribution in [2.45, 2.75) is 13.0 Å². The van der Waals surface area contributed by atoms with Crippen LogP contribution in [0.15, 0.2) is 24.3 Å². The lowest BCUT2D eigenvalue weighted by Crippen LogP contribution is -2.27. The third kappa shape index (κ3) is 1.56. The summed E-state index contributed by atoms with van der Waals surface area (Å²) in [6.45, 7) is 1.70. The number of likely N-dealkylation sites (tertiary alicyclic amines) is 1. The highest BCUT2D eigenvalue weighted by atomic mass is 16.5. The molecule has 0 radical (unpaired) electrons. The molecule has 1 aromatic carbocycles. The number of hydrogen-bond donors (Lipinski definition) is 0. The Bertz CT molecular complexity index is 412. The maximum absolute atomic E-state index is 11.8. The van der Waals surface area contributed by atoms with Crippen LogP contribution in [0.1, 0.15) is 12.0 Å². The van der Waals surface area contributed by atoms with Gasteiger partial charge in [-0.05, 0) is 30.0 Å². The first-order chi connectivity index (χ1) is 7.78.